The lowest BCUT2D eigenvalue weighted by atomic mass is 9.76. The molecular weight excluding hydrogens is 461 g/mol. The molecule has 0 bridgehead atoms. The van der Waals surface area contributed by atoms with E-state index in [1.807, 2.05) is 31.2 Å². The van der Waals surface area contributed by atoms with Crippen molar-refractivity contribution in [2.24, 2.45) is 5.92 Å². The highest BCUT2D eigenvalue weighted by Crippen LogP contribution is 2.51. The Balaban J connectivity index is 1.51. The maximum atomic E-state index is 13.7. The van der Waals surface area contributed by atoms with Gasteiger partial charge in [-0.2, -0.15) is 13.2 Å². The van der Waals surface area contributed by atoms with E-state index in [1.165, 1.54) is 18.2 Å². The fourth-order valence-electron chi connectivity index (χ4n) is 4.91. The molecular formula is C26H23F3N2O2S. The van der Waals surface area contributed by atoms with Gasteiger partial charge in [0.15, 0.2) is 0 Å². The average molecular weight is 485 g/mol. The Morgan fingerprint density at radius 1 is 0.971 bits per heavy atom. The Morgan fingerprint density at radius 2 is 1.71 bits per heavy atom. The van der Waals surface area contributed by atoms with Crippen molar-refractivity contribution < 1.29 is 21.6 Å². The number of nitrogens with one attached hydrogen (secondary N) is 2. The van der Waals surface area contributed by atoms with E-state index in [9.17, 15) is 21.6 Å². The zero-order valence-corrected chi connectivity index (χ0v) is 19.1. The first-order valence-electron chi connectivity index (χ1n) is 11.0. The zero-order valence-electron chi connectivity index (χ0n) is 18.3. The summed E-state index contributed by atoms with van der Waals surface area (Å²) < 4.78 is 69.8. The van der Waals surface area contributed by atoms with E-state index in [0.29, 0.717) is 17.8 Å². The second kappa shape index (κ2) is 8.20. The molecule has 3 aromatic rings. The average Bonchev–Trinajstić information content (AvgIpc) is 3.29. The van der Waals surface area contributed by atoms with E-state index in [-0.39, 0.29) is 22.3 Å². The van der Waals surface area contributed by atoms with Crippen LogP contribution in [0.5, 0.6) is 0 Å². The van der Waals surface area contributed by atoms with Crippen LogP contribution in [-0.4, -0.2) is 8.42 Å². The van der Waals surface area contributed by atoms with Crippen LogP contribution in [0, 0.1) is 12.8 Å². The lowest BCUT2D eigenvalue weighted by Gasteiger charge is -2.38. The fourth-order valence-corrected chi connectivity index (χ4v) is 6.00. The van der Waals surface area contributed by atoms with Crippen LogP contribution in [0.3, 0.4) is 0 Å². The summed E-state index contributed by atoms with van der Waals surface area (Å²) in [5.74, 6) is -0.337. The Kier molecular flexibility index (Phi) is 5.43. The van der Waals surface area contributed by atoms with Gasteiger partial charge < -0.3 is 5.32 Å². The molecule has 1 aliphatic carbocycles. The number of allylic oxidation sites excluding steroid dienone is 2. The van der Waals surface area contributed by atoms with E-state index < -0.39 is 27.8 Å². The summed E-state index contributed by atoms with van der Waals surface area (Å²) >= 11 is 0. The molecule has 1 heterocycles. The minimum atomic E-state index is -4.46. The van der Waals surface area contributed by atoms with Crippen molar-refractivity contribution in [3.8, 4) is 0 Å². The molecule has 2 N–H and O–H groups in total. The Morgan fingerprint density at radius 3 is 2.44 bits per heavy atom. The fraction of sp³-hybridized carbons (Fsp3) is 0.231. The summed E-state index contributed by atoms with van der Waals surface area (Å²) in [7, 11) is -3.83. The highest BCUT2D eigenvalue weighted by atomic mass is 32.2. The summed E-state index contributed by atoms with van der Waals surface area (Å²) in [4.78, 5) is 0.113. The molecule has 176 valence electrons. The van der Waals surface area contributed by atoms with Gasteiger partial charge in [0.05, 0.1) is 16.5 Å². The van der Waals surface area contributed by atoms with Gasteiger partial charge in [-0.3, -0.25) is 4.72 Å². The molecule has 0 aromatic heterocycles. The predicted octanol–water partition coefficient (Wildman–Crippen LogP) is 6.64. The SMILES string of the molecule is Cc1ccc(NS(=O)(=O)c2ccc3c(c2)[C@H]2C=CC[C@H]2[C@@H](c2ccccc2C(F)(F)F)N3)cc1. The van der Waals surface area contributed by atoms with Crippen molar-refractivity contribution in [1.82, 2.24) is 0 Å². The first-order valence-corrected chi connectivity index (χ1v) is 12.4. The third kappa shape index (κ3) is 4.07. The summed E-state index contributed by atoms with van der Waals surface area (Å²) in [6, 6.07) is 16.9. The van der Waals surface area contributed by atoms with Gasteiger partial charge in [0.25, 0.3) is 10.0 Å². The Labute approximate surface area is 196 Å². The smallest absolute Gasteiger partial charge is 0.378 e. The third-order valence-electron chi connectivity index (χ3n) is 6.55. The summed E-state index contributed by atoms with van der Waals surface area (Å²) in [6.45, 7) is 1.92. The number of benzene rings is 3. The van der Waals surface area contributed by atoms with E-state index in [4.69, 9.17) is 0 Å². The van der Waals surface area contributed by atoms with Crippen molar-refractivity contribution in [1.29, 1.82) is 0 Å². The van der Waals surface area contributed by atoms with Crippen molar-refractivity contribution in [3.63, 3.8) is 0 Å². The molecule has 0 unspecified atom stereocenters. The van der Waals surface area contributed by atoms with Crippen molar-refractivity contribution in [2.75, 3.05) is 10.0 Å². The van der Waals surface area contributed by atoms with Crippen molar-refractivity contribution >= 4 is 21.4 Å². The molecule has 2 aliphatic rings. The molecule has 0 fully saturated rings. The zero-order chi connectivity index (χ0) is 24.1. The topological polar surface area (TPSA) is 58.2 Å². The number of halogens is 3. The van der Waals surface area contributed by atoms with E-state index in [0.717, 1.165) is 17.2 Å². The van der Waals surface area contributed by atoms with Crippen LogP contribution in [0.25, 0.3) is 0 Å². The number of fused-ring (bicyclic) bond motifs is 3. The van der Waals surface area contributed by atoms with Crippen LogP contribution in [0.1, 0.15) is 40.6 Å². The maximum Gasteiger partial charge on any atom is 0.416 e. The number of rotatable bonds is 4. The van der Waals surface area contributed by atoms with E-state index >= 15 is 0 Å². The molecule has 34 heavy (non-hydrogen) atoms. The lowest BCUT2D eigenvalue weighted by Crippen LogP contribution is -2.31. The van der Waals surface area contributed by atoms with Gasteiger partial charge in [0.1, 0.15) is 0 Å². The Hall–Kier alpha value is -3.26. The van der Waals surface area contributed by atoms with E-state index in [2.05, 4.69) is 10.0 Å². The Bertz CT molecular complexity index is 1370. The number of alkyl halides is 3. The van der Waals surface area contributed by atoms with Gasteiger partial charge in [-0.25, -0.2) is 8.42 Å². The predicted molar refractivity (Wildman–Crippen MR) is 126 cm³/mol. The number of hydrogen-bond acceptors (Lipinski definition) is 3. The number of aryl methyl sites for hydroxylation is 1. The van der Waals surface area contributed by atoms with Crippen LogP contribution in [0.15, 0.2) is 83.8 Å². The molecule has 0 amide bonds. The van der Waals surface area contributed by atoms with Crippen LogP contribution < -0.4 is 10.0 Å². The second-order valence-corrected chi connectivity index (χ2v) is 10.5. The molecule has 0 radical (unpaired) electrons. The van der Waals surface area contributed by atoms with Crippen LogP contribution >= 0.6 is 0 Å². The molecule has 4 nitrogen and oxygen atoms in total. The summed E-state index contributed by atoms with van der Waals surface area (Å²) in [5.41, 5.74) is 2.45. The van der Waals surface area contributed by atoms with Gasteiger partial charge in [0.2, 0.25) is 0 Å². The third-order valence-corrected chi connectivity index (χ3v) is 7.93. The first-order chi connectivity index (χ1) is 16.1. The van der Waals surface area contributed by atoms with Crippen molar-refractivity contribution in [3.05, 3.63) is 101 Å². The molecule has 3 aromatic carbocycles. The summed E-state index contributed by atoms with van der Waals surface area (Å²) in [5, 5.41) is 3.28. The van der Waals surface area contributed by atoms with E-state index in [1.54, 1.807) is 30.3 Å². The first kappa shape index (κ1) is 22.5. The van der Waals surface area contributed by atoms with Gasteiger partial charge in [0, 0.05) is 17.3 Å². The minimum absolute atomic E-state index is 0.113. The van der Waals surface area contributed by atoms with Crippen molar-refractivity contribution in [2.45, 2.75) is 36.4 Å². The normalized spacial score (nSPS) is 21.5. The maximum absolute atomic E-state index is 13.7. The molecule has 8 heteroatoms. The van der Waals surface area contributed by atoms with Gasteiger partial charge in [-0.1, -0.05) is 48.0 Å². The quantitative estimate of drug-likeness (QED) is 0.408. The number of hydrogen-bond donors (Lipinski definition) is 2. The van der Waals surface area contributed by atoms with Crippen LogP contribution in [0.2, 0.25) is 0 Å². The highest BCUT2D eigenvalue weighted by Gasteiger charge is 2.42. The summed E-state index contributed by atoms with van der Waals surface area (Å²) in [6.07, 6.45) is 0.0740. The molecule has 5 rings (SSSR count). The standard InChI is InChI=1S/C26H23F3N2O2S/c1-16-9-11-17(12-10-16)31-34(32,33)18-13-14-24-22(15-18)19-6-4-7-20(19)25(30-24)21-5-2-3-8-23(21)26(27,28)29/h2-6,8-15,19-20,25,30-31H,7H2,1H3/t19-,20+,25-/m0/s1. The molecule has 1 aliphatic heterocycles. The molecule has 3 atom stereocenters. The second-order valence-electron chi connectivity index (χ2n) is 8.78. The van der Waals surface area contributed by atoms with Crippen LogP contribution in [-0.2, 0) is 16.2 Å². The molecule has 0 spiro atoms. The number of sulfonamides is 1. The van der Waals surface area contributed by atoms with Gasteiger partial charge in [-0.15, -0.1) is 0 Å². The largest absolute Gasteiger partial charge is 0.416 e. The van der Waals surface area contributed by atoms with Gasteiger partial charge >= 0.3 is 6.18 Å². The molecule has 0 saturated carbocycles. The van der Waals surface area contributed by atoms with Crippen LogP contribution in [0.4, 0.5) is 24.5 Å². The molecule has 0 saturated heterocycles. The monoisotopic (exact) mass is 484 g/mol. The van der Waals surface area contributed by atoms with Gasteiger partial charge in [-0.05, 0) is 66.8 Å². The highest BCUT2D eigenvalue weighted by molar-refractivity contribution is 7.92. The minimum Gasteiger partial charge on any atom is -0.378 e. The number of anilines is 2. The lowest BCUT2D eigenvalue weighted by molar-refractivity contribution is -0.138.